The molecule has 0 radical (unpaired) electrons. The van der Waals surface area contributed by atoms with Crippen LogP contribution < -0.4 is 5.32 Å². The maximum Gasteiger partial charge on any atom is 0.253 e. The Hall–Kier alpha value is -3.15. The molecule has 0 atom stereocenters. The van der Waals surface area contributed by atoms with Gasteiger partial charge in [0.15, 0.2) is 0 Å². The summed E-state index contributed by atoms with van der Waals surface area (Å²) in [6.07, 6.45) is 0. The fourth-order valence-corrected chi connectivity index (χ4v) is 3.00. The normalized spacial score (nSPS) is 14.0. The summed E-state index contributed by atoms with van der Waals surface area (Å²) in [5.41, 5.74) is 2.26. The first-order chi connectivity index (χ1) is 13.0. The molecule has 1 heterocycles. The van der Waals surface area contributed by atoms with Crippen molar-refractivity contribution in [2.75, 3.05) is 32.7 Å². The lowest BCUT2D eigenvalue weighted by Crippen LogP contribution is -2.52. The first kappa shape index (κ1) is 18.6. The second-order valence-electron chi connectivity index (χ2n) is 6.59. The van der Waals surface area contributed by atoms with Gasteiger partial charge in [-0.25, -0.2) is 0 Å². The van der Waals surface area contributed by atoms with Crippen molar-refractivity contribution in [1.29, 1.82) is 0 Å². The van der Waals surface area contributed by atoms with E-state index in [-0.39, 0.29) is 24.3 Å². The van der Waals surface area contributed by atoms with Crippen LogP contribution in [0, 0.1) is 6.92 Å². The van der Waals surface area contributed by atoms with Crippen LogP contribution in [0.5, 0.6) is 0 Å². The molecule has 0 spiro atoms. The SMILES string of the molecule is Cc1ccc(C(=O)NCC(=O)N2CCN(C(=O)c3ccccc3)CC2)cc1. The number of benzene rings is 2. The Morgan fingerprint density at radius 2 is 1.41 bits per heavy atom. The van der Waals surface area contributed by atoms with Gasteiger partial charge in [0.1, 0.15) is 0 Å². The lowest BCUT2D eigenvalue weighted by Gasteiger charge is -2.34. The summed E-state index contributed by atoms with van der Waals surface area (Å²) >= 11 is 0. The van der Waals surface area contributed by atoms with Gasteiger partial charge >= 0.3 is 0 Å². The summed E-state index contributed by atoms with van der Waals surface area (Å²) in [6, 6.07) is 16.3. The van der Waals surface area contributed by atoms with Gasteiger partial charge in [-0.3, -0.25) is 14.4 Å². The summed E-state index contributed by atoms with van der Waals surface area (Å²) in [4.78, 5) is 40.3. The molecule has 0 bridgehead atoms. The molecule has 2 aromatic rings. The van der Waals surface area contributed by atoms with Gasteiger partial charge in [-0.15, -0.1) is 0 Å². The molecule has 27 heavy (non-hydrogen) atoms. The zero-order valence-electron chi connectivity index (χ0n) is 15.4. The molecular weight excluding hydrogens is 342 g/mol. The third kappa shape index (κ3) is 4.73. The first-order valence-corrected chi connectivity index (χ1v) is 9.01. The first-order valence-electron chi connectivity index (χ1n) is 9.01. The predicted molar refractivity (Wildman–Crippen MR) is 102 cm³/mol. The number of amides is 3. The molecule has 1 saturated heterocycles. The zero-order valence-corrected chi connectivity index (χ0v) is 15.4. The molecule has 1 aliphatic heterocycles. The second-order valence-corrected chi connectivity index (χ2v) is 6.59. The van der Waals surface area contributed by atoms with Crippen molar-refractivity contribution in [1.82, 2.24) is 15.1 Å². The van der Waals surface area contributed by atoms with Crippen LogP contribution in [0.1, 0.15) is 26.3 Å². The molecule has 1 N–H and O–H groups in total. The number of aryl methyl sites for hydroxylation is 1. The number of hydrogen-bond donors (Lipinski definition) is 1. The van der Waals surface area contributed by atoms with Crippen LogP contribution in [-0.4, -0.2) is 60.2 Å². The molecule has 140 valence electrons. The average molecular weight is 365 g/mol. The number of carbonyl (C=O) groups is 3. The summed E-state index contributed by atoms with van der Waals surface area (Å²) in [6.45, 7) is 3.83. The Labute approximate surface area is 158 Å². The molecule has 0 aliphatic carbocycles. The number of nitrogens with zero attached hydrogens (tertiary/aromatic N) is 2. The molecule has 0 unspecified atom stereocenters. The van der Waals surface area contributed by atoms with E-state index in [0.29, 0.717) is 37.3 Å². The van der Waals surface area contributed by atoms with Crippen LogP contribution in [0.2, 0.25) is 0 Å². The van der Waals surface area contributed by atoms with Gasteiger partial charge < -0.3 is 15.1 Å². The number of nitrogens with one attached hydrogen (secondary N) is 1. The van der Waals surface area contributed by atoms with Gasteiger partial charge in [0.25, 0.3) is 11.8 Å². The van der Waals surface area contributed by atoms with Crippen LogP contribution in [0.15, 0.2) is 54.6 Å². The van der Waals surface area contributed by atoms with E-state index in [9.17, 15) is 14.4 Å². The molecular formula is C21H23N3O3. The summed E-state index contributed by atoms with van der Waals surface area (Å²) < 4.78 is 0. The number of carbonyl (C=O) groups excluding carboxylic acids is 3. The Bertz CT molecular complexity index is 810. The quantitative estimate of drug-likeness (QED) is 0.897. The van der Waals surface area contributed by atoms with Crippen LogP contribution in [0.25, 0.3) is 0 Å². The average Bonchev–Trinajstić information content (AvgIpc) is 2.72. The van der Waals surface area contributed by atoms with Gasteiger partial charge in [0.05, 0.1) is 6.54 Å². The van der Waals surface area contributed by atoms with E-state index >= 15 is 0 Å². The van der Waals surface area contributed by atoms with Gasteiger partial charge in [-0.1, -0.05) is 35.9 Å². The molecule has 1 fully saturated rings. The molecule has 1 aliphatic rings. The van der Waals surface area contributed by atoms with Crippen molar-refractivity contribution in [3.8, 4) is 0 Å². The van der Waals surface area contributed by atoms with Crippen LogP contribution in [0.4, 0.5) is 0 Å². The van der Waals surface area contributed by atoms with Crippen LogP contribution in [0.3, 0.4) is 0 Å². The van der Waals surface area contributed by atoms with Crippen LogP contribution >= 0.6 is 0 Å². The van der Waals surface area contributed by atoms with Gasteiger partial charge in [0.2, 0.25) is 5.91 Å². The van der Waals surface area contributed by atoms with Crippen molar-refractivity contribution < 1.29 is 14.4 Å². The Balaban J connectivity index is 1.46. The van der Waals surface area contributed by atoms with E-state index in [0.717, 1.165) is 5.56 Å². The van der Waals surface area contributed by atoms with Crippen molar-refractivity contribution in [2.24, 2.45) is 0 Å². The maximum atomic E-state index is 12.4. The minimum absolute atomic E-state index is 0.0182. The third-order valence-corrected chi connectivity index (χ3v) is 4.65. The van der Waals surface area contributed by atoms with E-state index < -0.39 is 0 Å². The Morgan fingerprint density at radius 3 is 2.04 bits per heavy atom. The minimum atomic E-state index is -0.263. The summed E-state index contributed by atoms with van der Waals surface area (Å²) in [5, 5.41) is 2.66. The van der Waals surface area contributed by atoms with E-state index in [1.165, 1.54) is 0 Å². The highest BCUT2D eigenvalue weighted by atomic mass is 16.2. The fourth-order valence-electron chi connectivity index (χ4n) is 3.00. The van der Waals surface area contributed by atoms with E-state index in [1.807, 2.05) is 37.3 Å². The Morgan fingerprint density at radius 1 is 0.815 bits per heavy atom. The minimum Gasteiger partial charge on any atom is -0.343 e. The molecule has 6 nitrogen and oxygen atoms in total. The smallest absolute Gasteiger partial charge is 0.253 e. The highest BCUT2D eigenvalue weighted by molar-refractivity contribution is 5.96. The maximum absolute atomic E-state index is 12.4. The topological polar surface area (TPSA) is 69.7 Å². The van der Waals surface area contributed by atoms with Crippen molar-refractivity contribution in [3.05, 3.63) is 71.3 Å². The van der Waals surface area contributed by atoms with Crippen molar-refractivity contribution in [2.45, 2.75) is 6.92 Å². The number of hydrogen-bond acceptors (Lipinski definition) is 3. The molecule has 0 saturated carbocycles. The van der Waals surface area contributed by atoms with E-state index in [2.05, 4.69) is 5.32 Å². The highest BCUT2D eigenvalue weighted by Crippen LogP contribution is 2.09. The second kappa shape index (κ2) is 8.49. The van der Waals surface area contributed by atoms with E-state index in [1.54, 1.807) is 34.1 Å². The molecule has 2 aromatic carbocycles. The lowest BCUT2D eigenvalue weighted by molar-refractivity contribution is -0.131. The van der Waals surface area contributed by atoms with Crippen LogP contribution in [-0.2, 0) is 4.79 Å². The number of rotatable bonds is 4. The molecule has 6 heteroatoms. The highest BCUT2D eigenvalue weighted by Gasteiger charge is 2.24. The summed E-state index contributed by atoms with van der Waals surface area (Å²) in [5.74, 6) is -0.418. The van der Waals surface area contributed by atoms with Gasteiger partial charge in [-0.05, 0) is 31.2 Å². The molecule has 0 aromatic heterocycles. The standard InChI is InChI=1S/C21H23N3O3/c1-16-7-9-17(10-8-16)20(26)22-15-19(25)23-11-13-24(14-12-23)21(27)18-5-3-2-4-6-18/h2-10H,11-15H2,1H3,(H,22,26). The van der Waals surface area contributed by atoms with E-state index in [4.69, 9.17) is 0 Å². The predicted octanol–water partition coefficient (Wildman–Crippen LogP) is 1.71. The Kier molecular flexibility index (Phi) is 5.86. The van der Waals surface area contributed by atoms with Gasteiger partial charge in [-0.2, -0.15) is 0 Å². The number of piperazine rings is 1. The van der Waals surface area contributed by atoms with Crippen molar-refractivity contribution >= 4 is 17.7 Å². The largest absolute Gasteiger partial charge is 0.343 e. The summed E-state index contributed by atoms with van der Waals surface area (Å²) in [7, 11) is 0. The van der Waals surface area contributed by atoms with Gasteiger partial charge in [0, 0.05) is 37.3 Å². The third-order valence-electron chi connectivity index (χ3n) is 4.65. The lowest BCUT2D eigenvalue weighted by atomic mass is 10.1. The molecule has 3 rings (SSSR count). The molecule has 3 amide bonds. The fraction of sp³-hybridized carbons (Fsp3) is 0.286. The monoisotopic (exact) mass is 365 g/mol. The zero-order chi connectivity index (χ0) is 19.2. The van der Waals surface area contributed by atoms with Crippen molar-refractivity contribution in [3.63, 3.8) is 0 Å².